The predicted molar refractivity (Wildman–Crippen MR) is 99.9 cm³/mol. The maximum Gasteiger partial charge on any atom is 0.225 e. The summed E-state index contributed by atoms with van der Waals surface area (Å²) < 4.78 is 2.28. The van der Waals surface area contributed by atoms with E-state index in [1.54, 1.807) is 0 Å². The van der Waals surface area contributed by atoms with E-state index in [9.17, 15) is 4.79 Å². The third-order valence-electron chi connectivity index (χ3n) is 4.34. The lowest BCUT2D eigenvalue weighted by Crippen LogP contribution is -2.37. The molecule has 4 nitrogen and oxygen atoms in total. The molecule has 132 valence electrons. The Morgan fingerprint density at radius 3 is 2.58 bits per heavy atom. The highest BCUT2D eigenvalue weighted by molar-refractivity contribution is 5.82. The van der Waals surface area contributed by atoms with E-state index >= 15 is 0 Å². The average molecular weight is 329 g/mol. The number of benzene rings is 1. The minimum Gasteiger partial charge on any atom is -0.346 e. The summed E-state index contributed by atoms with van der Waals surface area (Å²) in [6.45, 7) is 11.0. The molecular formula is C20H31N3O. The number of aryl methyl sites for hydroxylation is 1. The first kappa shape index (κ1) is 18.5. The highest BCUT2D eigenvalue weighted by atomic mass is 16.2. The number of nitrogens with zero attached hydrogens (tertiary/aromatic N) is 2. The van der Waals surface area contributed by atoms with Crippen molar-refractivity contribution < 1.29 is 4.79 Å². The monoisotopic (exact) mass is 329 g/mol. The molecule has 2 rings (SSSR count). The summed E-state index contributed by atoms with van der Waals surface area (Å²) in [6, 6.07) is 8.12. The summed E-state index contributed by atoms with van der Waals surface area (Å²) in [6.07, 6.45) is 4.86. The first-order valence-corrected chi connectivity index (χ1v) is 9.10. The molecule has 1 aromatic heterocycles. The van der Waals surface area contributed by atoms with Gasteiger partial charge in [0.15, 0.2) is 0 Å². The predicted octanol–water partition coefficient (Wildman–Crippen LogP) is 4.84. The summed E-state index contributed by atoms with van der Waals surface area (Å²) in [5.41, 5.74) is 1.76. The fourth-order valence-electron chi connectivity index (χ4n) is 2.83. The smallest absolute Gasteiger partial charge is 0.225 e. The zero-order valence-corrected chi connectivity index (χ0v) is 15.7. The number of nitrogens with one attached hydrogen (secondary N) is 1. The molecule has 24 heavy (non-hydrogen) atoms. The molecule has 1 unspecified atom stereocenters. The molecular weight excluding hydrogens is 298 g/mol. The summed E-state index contributed by atoms with van der Waals surface area (Å²) in [7, 11) is 0. The number of fused-ring (bicyclic) bond motifs is 1. The van der Waals surface area contributed by atoms with Gasteiger partial charge in [-0.1, -0.05) is 59.1 Å². The summed E-state index contributed by atoms with van der Waals surface area (Å²) in [4.78, 5) is 17.1. The lowest BCUT2D eigenvalue weighted by molar-refractivity contribution is -0.129. The Kier molecular flexibility index (Phi) is 6.03. The number of para-hydroxylation sites is 2. The number of hydrogen-bond acceptors (Lipinski definition) is 2. The van der Waals surface area contributed by atoms with Gasteiger partial charge in [0, 0.05) is 12.0 Å². The molecule has 0 spiro atoms. The first-order chi connectivity index (χ1) is 11.3. The topological polar surface area (TPSA) is 46.9 Å². The third-order valence-corrected chi connectivity index (χ3v) is 4.34. The minimum absolute atomic E-state index is 0.0552. The molecule has 0 fully saturated rings. The van der Waals surface area contributed by atoms with E-state index in [-0.39, 0.29) is 11.9 Å². The van der Waals surface area contributed by atoms with Crippen LogP contribution in [-0.2, 0) is 11.3 Å². The molecule has 1 aromatic carbocycles. The number of carbonyl (C=O) groups is 1. The zero-order chi connectivity index (χ0) is 17.7. The standard InChI is InChI=1S/C20H31N3O/c1-6-7-8-11-14-23-17-13-10-9-12-16(17)22-18(23)15(2)21-19(24)20(3,4)5/h9-10,12-13,15H,6-8,11,14H2,1-5H3,(H,21,24). The fourth-order valence-corrected chi connectivity index (χ4v) is 2.83. The second kappa shape index (κ2) is 7.82. The fraction of sp³-hybridized carbons (Fsp3) is 0.600. The van der Waals surface area contributed by atoms with Crippen molar-refractivity contribution >= 4 is 16.9 Å². The van der Waals surface area contributed by atoms with Crippen LogP contribution in [0.25, 0.3) is 11.0 Å². The van der Waals surface area contributed by atoms with Crippen LogP contribution in [0, 0.1) is 5.41 Å². The molecule has 0 saturated heterocycles. The highest BCUT2D eigenvalue weighted by Crippen LogP contribution is 2.23. The van der Waals surface area contributed by atoms with Crippen molar-refractivity contribution in [2.45, 2.75) is 72.9 Å². The largest absolute Gasteiger partial charge is 0.346 e. The van der Waals surface area contributed by atoms with Crippen LogP contribution >= 0.6 is 0 Å². The average Bonchev–Trinajstić information content (AvgIpc) is 2.89. The van der Waals surface area contributed by atoms with Crippen molar-refractivity contribution in [1.82, 2.24) is 14.9 Å². The number of aromatic nitrogens is 2. The molecule has 0 aliphatic rings. The van der Waals surface area contributed by atoms with E-state index in [1.807, 2.05) is 39.8 Å². The summed E-state index contributed by atoms with van der Waals surface area (Å²) >= 11 is 0. The molecule has 1 atom stereocenters. The maximum absolute atomic E-state index is 12.3. The van der Waals surface area contributed by atoms with Crippen LogP contribution in [0.3, 0.4) is 0 Å². The van der Waals surface area contributed by atoms with Crippen molar-refractivity contribution in [2.24, 2.45) is 5.41 Å². The van der Waals surface area contributed by atoms with E-state index in [4.69, 9.17) is 4.98 Å². The van der Waals surface area contributed by atoms with Crippen molar-refractivity contribution in [3.63, 3.8) is 0 Å². The van der Waals surface area contributed by atoms with Crippen molar-refractivity contribution in [3.05, 3.63) is 30.1 Å². The van der Waals surface area contributed by atoms with Crippen molar-refractivity contribution in [3.8, 4) is 0 Å². The Labute approximate surface area is 145 Å². The Balaban J connectivity index is 2.25. The number of hydrogen-bond donors (Lipinski definition) is 1. The number of rotatable bonds is 7. The van der Waals surface area contributed by atoms with Crippen LogP contribution < -0.4 is 5.32 Å². The quantitative estimate of drug-likeness (QED) is 0.739. The molecule has 0 radical (unpaired) electrons. The normalized spacial score (nSPS) is 13.2. The number of imidazole rings is 1. The van der Waals surface area contributed by atoms with Gasteiger partial charge >= 0.3 is 0 Å². The Morgan fingerprint density at radius 2 is 1.92 bits per heavy atom. The Bertz CT molecular complexity index is 682. The Morgan fingerprint density at radius 1 is 1.21 bits per heavy atom. The lowest BCUT2D eigenvalue weighted by Gasteiger charge is -2.22. The van der Waals surface area contributed by atoms with E-state index in [2.05, 4.69) is 28.9 Å². The van der Waals surface area contributed by atoms with Gasteiger partial charge in [-0.2, -0.15) is 0 Å². The van der Waals surface area contributed by atoms with Gasteiger partial charge < -0.3 is 9.88 Å². The van der Waals surface area contributed by atoms with Gasteiger partial charge in [-0.3, -0.25) is 4.79 Å². The molecule has 0 saturated carbocycles. The van der Waals surface area contributed by atoms with E-state index in [1.165, 1.54) is 19.3 Å². The highest BCUT2D eigenvalue weighted by Gasteiger charge is 2.25. The van der Waals surface area contributed by atoms with Crippen LogP contribution in [0.15, 0.2) is 24.3 Å². The van der Waals surface area contributed by atoms with Gasteiger partial charge in [-0.05, 0) is 25.5 Å². The van der Waals surface area contributed by atoms with Gasteiger partial charge in [0.1, 0.15) is 5.82 Å². The molecule has 0 aliphatic heterocycles. The van der Waals surface area contributed by atoms with Crippen LogP contribution in [0.5, 0.6) is 0 Å². The molecule has 1 heterocycles. The molecule has 2 aromatic rings. The molecule has 1 N–H and O–H groups in total. The Hall–Kier alpha value is -1.84. The second-order valence-corrected chi connectivity index (χ2v) is 7.62. The lowest BCUT2D eigenvalue weighted by atomic mass is 9.95. The summed E-state index contributed by atoms with van der Waals surface area (Å²) in [5.74, 6) is 1.00. The number of carbonyl (C=O) groups excluding carboxylic acids is 1. The van der Waals surface area contributed by atoms with Crippen LogP contribution in [-0.4, -0.2) is 15.5 Å². The van der Waals surface area contributed by atoms with E-state index < -0.39 is 5.41 Å². The summed E-state index contributed by atoms with van der Waals surface area (Å²) in [5, 5.41) is 3.12. The third kappa shape index (κ3) is 4.37. The maximum atomic E-state index is 12.3. The van der Waals surface area contributed by atoms with Crippen molar-refractivity contribution in [1.29, 1.82) is 0 Å². The first-order valence-electron chi connectivity index (χ1n) is 9.10. The minimum atomic E-state index is -0.397. The number of amides is 1. The van der Waals surface area contributed by atoms with Crippen LogP contribution in [0.1, 0.15) is 72.2 Å². The van der Waals surface area contributed by atoms with Gasteiger partial charge in [-0.15, -0.1) is 0 Å². The molecule has 0 bridgehead atoms. The van der Waals surface area contributed by atoms with Gasteiger partial charge in [0.25, 0.3) is 0 Å². The van der Waals surface area contributed by atoms with Gasteiger partial charge in [0.2, 0.25) is 5.91 Å². The van der Waals surface area contributed by atoms with Gasteiger partial charge in [0.05, 0.1) is 17.1 Å². The molecule has 1 amide bonds. The molecule has 0 aliphatic carbocycles. The van der Waals surface area contributed by atoms with Crippen LogP contribution in [0.2, 0.25) is 0 Å². The van der Waals surface area contributed by atoms with E-state index in [0.29, 0.717) is 0 Å². The van der Waals surface area contributed by atoms with Crippen molar-refractivity contribution in [2.75, 3.05) is 0 Å². The SMILES string of the molecule is CCCCCCn1c(C(C)NC(=O)C(C)(C)C)nc2ccccc21. The van der Waals surface area contributed by atoms with E-state index in [0.717, 1.165) is 29.8 Å². The zero-order valence-electron chi connectivity index (χ0n) is 15.7. The van der Waals surface area contributed by atoms with Crippen LogP contribution in [0.4, 0.5) is 0 Å². The molecule has 4 heteroatoms. The van der Waals surface area contributed by atoms with Gasteiger partial charge in [-0.25, -0.2) is 4.98 Å². The number of unbranched alkanes of at least 4 members (excludes halogenated alkanes) is 3. The second-order valence-electron chi connectivity index (χ2n) is 7.62.